The minimum atomic E-state index is -0.598. The topological polar surface area (TPSA) is 96.9 Å². The highest BCUT2D eigenvalue weighted by Gasteiger charge is 2.21. The van der Waals surface area contributed by atoms with E-state index in [1.807, 2.05) is 43.3 Å². The van der Waals surface area contributed by atoms with Crippen molar-refractivity contribution in [2.45, 2.75) is 6.92 Å². The molecule has 2 amide bonds. The summed E-state index contributed by atoms with van der Waals surface area (Å²) in [6.45, 7) is 1.98. The highest BCUT2D eigenvalue weighted by molar-refractivity contribution is 9.10. The van der Waals surface area contributed by atoms with Gasteiger partial charge in [-0.15, -0.1) is 22.7 Å². The monoisotopic (exact) mass is 735 g/mol. The SMILES string of the molecule is Cc1ccc2c(Cl)c(C(=O)Nc3ccc(C(=O)N/N=C\c4ccccc4OC(=O)c4sc5cc(Br)ccc5c4Cl)cc3)sc2c1. The number of fused-ring (bicyclic) bond motifs is 2. The Hall–Kier alpha value is -4.06. The average molecular weight is 737 g/mol. The van der Waals surface area contributed by atoms with Crippen LogP contribution in [0.25, 0.3) is 20.2 Å². The zero-order valence-corrected chi connectivity index (χ0v) is 27.9. The van der Waals surface area contributed by atoms with Gasteiger partial charge in [-0.2, -0.15) is 5.10 Å². The van der Waals surface area contributed by atoms with E-state index in [0.717, 1.165) is 30.2 Å². The number of benzene rings is 4. The molecule has 0 atom stereocenters. The van der Waals surface area contributed by atoms with E-state index in [2.05, 4.69) is 31.8 Å². The van der Waals surface area contributed by atoms with Crippen LogP contribution in [0, 0.1) is 6.92 Å². The Morgan fingerprint density at radius 3 is 2.27 bits per heavy atom. The third kappa shape index (κ3) is 6.66. The van der Waals surface area contributed by atoms with Crippen LogP contribution in [-0.2, 0) is 0 Å². The smallest absolute Gasteiger partial charge is 0.355 e. The molecule has 0 fully saturated rings. The van der Waals surface area contributed by atoms with Crippen molar-refractivity contribution in [2.24, 2.45) is 5.10 Å². The molecule has 2 heterocycles. The first-order valence-corrected chi connectivity index (χ1v) is 16.5. The molecule has 0 saturated carbocycles. The van der Waals surface area contributed by atoms with E-state index in [9.17, 15) is 14.4 Å². The van der Waals surface area contributed by atoms with Crippen LogP contribution >= 0.6 is 61.8 Å². The molecule has 0 unspecified atom stereocenters. The number of hydrazone groups is 1. The first-order chi connectivity index (χ1) is 21.7. The molecule has 45 heavy (non-hydrogen) atoms. The van der Waals surface area contributed by atoms with Crippen molar-refractivity contribution >= 4 is 112 Å². The number of anilines is 1. The van der Waals surface area contributed by atoms with Gasteiger partial charge in [0.05, 0.1) is 16.3 Å². The quantitative estimate of drug-likeness (QED) is 0.0738. The van der Waals surface area contributed by atoms with Crippen molar-refractivity contribution in [3.63, 3.8) is 0 Å². The Balaban J connectivity index is 1.09. The number of halogens is 3. The van der Waals surface area contributed by atoms with E-state index in [4.69, 9.17) is 27.9 Å². The summed E-state index contributed by atoms with van der Waals surface area (Å²) in [6, 6.07) is 24.6. The zero-order valence-electron chi connectivity index (χ0n) is 23.2. The van der Waals surface area contributed by atoms with Gasteiger partial charge in [0.15, 0.2) is 0 Å². The maximum Gasteiger partial charge on any atom is 0.355 e. The molecule has 0 saturated heterocycles. The van der Waals surface area contributed by atoms with Crippen molar-refractivity contribution in [3.05, 3.63) is 126 Å². The summed E-state index contributed by atoms with van der Waals surface area (Å²) in [5.41, 5.74) is 4.85. The second-order valence-electron chi connectivity index (χ2n) is 9.79. The Labute approximate surface area is 283 Å². The molecule has 0 aliphatic heterocycles. The van der Waals surface area contributed by atoms with Gasteiger partial charge in [-0.3, -0.25) is 9.59 Å². The maximum absolute atomic E-state index is 13.0. The molecular formula is C33H20BrCl2N3O4S2. The van der Waals surface area contributed by atoms with Gasteiger partial charge in [0.1, 0.15) is 15.5 Å². The summed E-state index contributed by atoms with van der Waals surface area (Å²) < 4.78 is 8.32. The number of hydrogen-bond donors (Lipinski definition) is 2. The number of carbonyl (C=O) groups excluding carboxylic acids is 3. The van der Waals surface area contributed by atoms with Crippen molar-refractivity contribution in [1.82, 2.24) is 5.43 Å². The molecule has 0 aliphatic rings. The predicted octanol–water partition coefficient (Wildman–Crippen LogP) is 9.73. The number of para-hydroxylation sites is 1. The van der Waals surface area contributed by atoms with Gasteiger partial charge in [-0.05, 0) is 67.1 Å². The number of thiophene rings is 2. The van der Waals surface area contributed by atoms with Crippen LogP contribution in [0.15, 0.2) is 94.5 Å². The van der Waals surface area contributed by atoms with Gasteiger partial charge in [-0.1, -0.05) is 69.5 Å². The predicted molar refractivity (Wildman–Crippen MR) is 187 cm³/mol. The third-order valence-corrected chi connectivity index (χ3v) is 10.5. The van der Waals surface area contributed by atoms with Crippen LogP contribution in [0.5, 0.6) is 5.75 Å². The average Bonchev–Trinajstić information content (AvgIpc) is 3.53. The summed E-state index contributed by atoms with van der Waals surface area (Å²) in [4.78, 5) is 39.3. The fourth-order valence-corrected chi connectivity index (χ4v) is 7.88. The van der Waals surface area contributed by atoms with E-state index in [1.165, 1.54) is 28.9 Å². The Kier molecular flexibility index (Phi) is 9.02. The van der Waals surface area contributed by atoms with Crippen molar-refractivity contribution in [1.29, 1.82) is 0 Å². The fourth-order valence-electron chi connectivity index (χ4n) is 4.43. The van der Waals surface area contributed by atoms with Gasteiger partial charge >= 0.3 is 5.97 Å². The van der Waals surface area contributed by atoms with Crippen molar-refractivity contribution < 1.29 is 19.1 Å². The largest absolute Gasteiger partial charge is 0.422 e. The van der Waals surface area contributed by atoms with Gasteiger partial charge in [0.2, 0.25) is 0 Å². The molecule has 6 rings (SSSR count). The molecule has 0 aliphatic carbocycles. The number of nitrogens with one attached hydrogen (secondary N) is 2. The van der Waals surface area contributed by atoms with E-state index in [0.29, 0.717) is 31.7 Å². The molecule has 2 N–H and O–H groups in total. The number of rotatable bonds is 7. The summed E-state index contributed by atoms with van der Waals surface area (Å²) in [5.74, 6) is -1.14. The zero-order chi connectivity index (χ0) is 31.7. The van der Waals surface area contributed by atoms with Crippen molar-refractivity contribution in [3.8, 4) is 5.75 Å². The van der Waals surface area contributed by atoms with Crippen LogP contribution < -0.4 is 15.5 Å². The molecule has 6 aromatic rings. The van der Waals surface area contributed by atoms with Crippen molar-refractivity contribution in [2.75, 3.05) is 5.32 Å². The number of nitrogens with zero attached hydrogens (tertiary/aromatic N) is 1. The lowest BCUT2D eigenvalue weighted by Crippen LogP contribution is -2.18. The van der Waals surface area contributed by atoms with Crippen LogP contribution in [0.1, 0.15) is 40.8 Å². The molecule has 2 aromatic heterocycles. The first-order valence-electron chi connectivity index (χ1n) is 13.3. The lowest BCUT2D eigenvalue weighted by molar-refractivity contribution is 0.0739. The summed E-state index contributed by atoms with van der Waals surface area (Å²) >= 11 is 18.9. The van der Waals surface area contributed by atoms with Crippen LogP contribution in [0.2, 0.25) is 10.0 Å². The molecule has 4 aromatic carbocycles. The lowest BCUT2D eigenvalue weighted by Gasteiger charge is -2.07. The van der Waals surface area contributed by atoms with Crippen LogP contribution in [0.3, 0.4) is 0 Å². The number of carbonyl (C=O) groups is 3. The molecule has 12 heteroatoms. The highest BCUT2D eigenvalue weighted by Crippen LogP contribution is 2.38. The Morgan fingerprint density at radius 2 is 1.49 bits per heavy atom. The standard InChI is InChI=1S/C33H20BrCl2N3O4S2/c1-17-6-12-22-25(14-17)44-29(27(22)35)32(41)38-21-10-7-18(8-11-21)31(40)39-37-16-19-4-2-3-5-24(19)43-33(42)30-28(36)23-13-9-20(34)15-26(23)45-30/h2-16H,1H3,(H,38,41)(H,39,40)/b37-16-. The van der Waals surface area contributed by atoms with E-state index < -0.39 is 11.9 Å². The van der Waals surface area contributed by atoms with Gasteiger partial charge in [0, 0.05) is 41.5 Å². The second-order valence-corrected chi connectivity index (χ2v) is 13.6. The molecule has 7 nitrogen and oxygen atoms in total. The molecule has 0 spiro atoms. The fraction of sp³-hybridized carbons (Fsp3) is 0.0303. The molecule has 0 bridgehead atoms. The van der Waals surface area contributed by atoms with E-state index >= 15 is 0 Å². The minimum absolute atomic E-state index is 0.254. The Bertz CT molecular complexity index is 2160. The summed E-state index contributed by atoms with van der Waals surface area (Å²) in [5, 5.41) is 9.21. The minimum Gasteiger partial charge on any atom is -0.422 e. The normalized spacial score (nSPS) is 11.3. The maximum atomic E-state index is 13.0. The lowest BCUT2D eigenvalue weighted by atomic mass is 10.2. The van der Waals surface area contributed by atoms with E-state index in [1.54, 1.807) is 48.5 Å². The van der Waals surface area contributed by atoms with E-state index in [-0.39, 0.29) is 16.5 Å². The Morgan fingerprint density at radius 1 is 0.822 bits per heavy atom. The molecule has 224 valence electrons. The first kappa shape index (κ1) is 30.9. The van der Waals surface area contributed by atoms with Crippen LogP contribution in [0.4, 0.5) is 5.69 Å². The number of hydrogen-bond acceptors (Lipinski definition) is 7. The second kappa shape index (κ2) is 13.1. The summed E-state index contributed by atoms with van der Waals surface area (Å²) in [6.07, 6.45) is 1.38. The van der Waals surface area contributed by atoms with Crippen LogP contribution in [-0.4, -0.2) is 24.0 Å². The van der Waals surface area contributed by atoms with Gasteiger partial charge in [0.25, 0.3) is 11.8 Å². The summed E-state index contributed by atoms with van der Waals surface area (Å²) in [7, 11) is 0. The molecule has 0 radical (unpaired) electrons. The molecular weight excluding hydrogens is 717 g/mol. The van der Waals surface area contributed by atoms with Gasteiger partial charge in [-0.25, -0.2) is 10.2 Å². The number of amides is 2. The number of ether oxygens (including phenoxy) is 1. The number of esters is 1. The highest BCUT2D eigenvalue weighted by atomic mass is 79.9. The number of aryl methyl sites for hydroxylation is 1. The third-order valence-electron chi connectivity index (χ3n) is 6.66. The van der Waals surface area contributed by atoms with Gasteiger partial charge < -0.3 is 10.1 Å².